The van der Waals surface area contributed by atoms with E-state index in [-0.39, 0.29) is 0 Å². The fraction of sp³-hybridized carbons (Fsp3) is 0.333. The molecule has 17 heavy (non-hydrogen) atoms. The van der Waals surface area contributed by atoms with Crippen molar-refractivity contribution in [2.75, 3.05) is 19.4 Å². The number of nitrogens with zero attached hydrogens (tertiary/aromatic N) is 3. The highest BCUT2D eigenvalue weighted by Gasteiger charge is 2.03. The molecule has 0 saturated heterocycles. The van der Waals surface area contributed by atoms with E-state index in [1.54, 1.807) is 17.5 Å². The Morgan fingerprint density at radius 3 is 2.76 bits per heavy atom. The molecule has 90 valence electrons. The number of anilines is 1. The van der Waals surface area contributed by atoms with Gasteiger partial charge >= 0.3 is 0 Å². The van der Waals surface area contributed by atoms with Crippen molar-refractivity contribution < 1.29 is 0 Å². The van der Waals surface area contributed by atoms with Gasteiger partial charge in [-0.05, 0) is 29.4 Å². The normalized spacial score (nSPS) is 10.8. The van der Waals surface area contributed by atoms with Gasteiger partial charge in [-0.15, -0.1) is 0 Å². The van der Waals surface area contributed by atoms with Crippen molar-refractivity contribution in [1.29, 1.82) is 0 Å². The Labute approximate surface area is 105 Å². The van der Waals surface area contributed by atoms with E-state index < -0.39 is 0 Å². The van der Waals surface area contributed by atoms with Crippen LogP contribution >= 0.6 is 11.3 Å². The van der Waals surface area contributed by atoms with Crippen LogP contribution in [0.25, 0.3) is 0 Å². The predicted octanol–water partition coefficient (Wildman–Crippen LogP) is 2.21. The first-order chi connectivity index (χ1) is 8.28. The lowest BCUT2D eigenvalue weighted by molar-refractivity contribution is 0.315. The first kappa shape index (κ1) is 12.0. The zero-order chi connectivity index (χ0) is 12.1. The quantitative estimate of drug-likeness (QED) is 0.881. The van der Waals surface area contributed by atoms with Crippen molar-refractivity contribution in [3.05, 3.63) is 40.5 Å². The Morgan fingerprint density at radius 2 is 2.18 bits per heavy atom. The van der Waals surface area contributed by atoms with E-state index in [2.05, 4.69) is 44.1 Å². The second kappa shape index (κ2) is 5.75. The Kier molecular flexibility index (Phi) is 4.06. The van der Waals surface area contributed by atoms with Gasteiger partial charge in [-0.25, -0.2) is 4.98 Å². The van der Waals surface area contributed by atoms with Crippen LogP contribution in [-0.4, -0.2) is 29.0 Å². The molecule has 2 aromatic heterocycles. The second-order valence-electron chi connectivity index (χ2n) is 3.95. The summed E-state index contributed by atoms with van der Waals surface area (Å²) in [5.74, 6) is 0.800. The van der Waals surface area contributed by atoms with Gasteiger partial charge in [-0.2, -0.15) is 11.3 Å². The smallest absolute Gasteiger partial charge is 0.144 e. The molecule has 2 rings (SSSR count). The van der Waals surface area contributed by atoms with Gasteiger partial charge in [0.05, 0.1) is 18.1 Å². The monoisotopic (exact) mass is 248 g/mol. The van der Waals surface area contributed by atoms with E-state index in [1.165, 1.54) is 5.56 Å². The summed E-state index contributed by atoms with van der Waals surface area (Å²) in [6.45, 7) is 1.76. The van der Waals surface area contributed by atoms with Gasteiger partial charge < -0.3 is 5.32 Å². The summed E-state index contributed by atoms with van der Waals surface area (Å²) in [7, 11) is 3.93. The molecule has 0 aliphatic carbocycles. The van der Waals surface area contributed by atoms with E-state index in [4.69, 9.17) is 0 Å². The lowest BCUT2D eigenvalue weighted by Crippen LogP contribution is -2.17. The van der Waals surface area contributed by atoms with Gasteiger partial charge in [-0.1, -0.05) is 0 Å². The highest BCUT2D eigenvalue weighted by atomic mass is 32.1. The topological polar surface area (TPSA) is 41.1 Å². The second-order valence-corrected chi connectivity index (χ2v) is 4.73. The van der Waals surface area contributed by atoms with E-state index in [1.807, 2.05) is 13.2 Å². The third-order valence-electron chi connectivity index (χ3n) is 2.43. The zero-order valence-corrected chi connectivity index (χ0v) is 10.9. The van der Waals surface area contributed by atoms with E-state index in [9.17, 15) is 0 Å². The van der Waals surface area contributed by atoms with Crippen LogP contribution in [0.2, 0.25) is 0 Å². The molecule has 1 N–H and O–H groups in total. The number of nitrogens with one attached hydrogen (secondary N) is 1. The van der Waals surface area contributed by atoms with Gasteiger partial charge in [0.2, 0.25) is 0 Å². The van der Waals surface area contributed by atoms with Gasteiger partial charge in [0.25, 0.3) is 0 Å². The molecule has 2 aromatic rings. The van der Waals surface area contributed by atoms with Crippen LogP contribution in [0, 0.1) is 0 Å². The highest BCUT2D eigenvalue weighted by molar-refractivity contribution is 7.07. The summed E-state index contributed by atoms with van der Waals surface area (Å²) in [6.07, 6.45) is 3.57. The average molecular weight is 248 g/mol. The van der Waals surface area contributed by atoms with E-state index in [0.29, 0.717) is 0 Å². The molecule has 0 aromatic carbocycles. The number of thiophene rings is 1. The van der Waals surface area contributed by atoms with Crippen LogP contribution in [0.15, 0.2) is 29.2 Å². The molecular formula is C12H16N4S. The lowest BCUT2D eigenvalue weighted by atomic mass is 10.3. The zero-order valence-electron chi connectivity index (χ0n) is 10.1. The largest absolute Gasteiger partial charge is 0.372 e. The molecule has 0 radical (unpaired) electrons. The summed E-state index contributed by atoms with van der Waals surface area (Å²) in [6, 6.07) is 2.15. The summed E-state index contributed by atoms with van der Waals surface area (Å²) in [4.78, 5) is 10.8. The fourth-order valence-electron chi connectivity index (χ4n) is 1.59. The fourth-order valence-corrected chi connectivity index (χ4v) is 2.25. The van der Waals surface area contributed by atoms with Crippen LogP contribution in [0.5, 0.6) is 0 Å². The average Bonchev–Trinajstić information content (AvgIpc) is 2.82. The van der Waals surface area contributed by atoms with Gasteiger partial charge in [0.15, 0.2) is 0 Å². The molecule has 4 nitrogen and oxygen atoms in total. The predicted molar refractivity (Wildman–Crippen MR) is 71.1 cm³/mol. The molecule has 0 aliphatic heterocycles. The maximum Gasteiger partial charge on any atom is 0.144 e. The summed E-state index contributed by atoms with van der Waals surface area (Å²) in [5.41, 5.74) is 2.33. The summed E-state index contributed by atoms with van der Waals surface area (Å²) in [5, 5.41) is 7.23. The molecule has 0 aliphatic rings. The van der Waals surface area contributed by atoms with Crippen molar-refractivity contribution in [2.45, 2.75) is 13.1 Å². The van der Waals surface area contributed by atoms with E-state index in [0.717, 1.165) is 24.6 Å². The molecule has 2 heterocycles. The molecule has 0 amide bonds. The molecule has 0 saturated carbocycles. The maximum atomic E-state index is 4.35. The first-order valence-corrected chi connectivity index (χ1v) is 6.40. The SMILES string of the molecule is CNc1cnc(CN(C)Cc2ccsc2)cn1. The Hall–Kier alpha value is -1.46. The first-order valence-electron chi connectivity index (χ1n) is 5.46. The third-order valence-corrected chi connectivity index (χ3v) is 3.16. The van der Waals surface area contributed by atoms with Gasteiger partial charge in [-0.3, -0.25) is 9.88 Å². The number of hydrogen-bond acceptors (Lipinski definition) is 5. The van der Waals surface area contributed by atoms with Crippen molar-refractivity contribution >= 4 is 17.2 Å². The molecule has 0 spiro atoms. The van der Waals surface area contributed by atoms with Crippen LogP contribution in [0.1, 0.15) is 11.3 Å². The summed E-state index contributed by atoms with van der Waals surface area (Å²) >= 11 is 1.73. The van der Waals surface area contributed by atoms with Gasteiger partial charge in [0.1, 0.15) is 5.82 Å². The summed E-state index contributed by atoms with van der Waals surface area (Å²) < 4.78 is 0. The van der Waals surface area contributed by atoms with Crippen molar-refractivity contribution in [3.8, 4) is 0 Å². The minimum absolute atomic E-state index is 0.800. The lowest BCUT2D eigenvalue weighted by Gasteiger charge is -2.15. The molecule has 0 fully saturated rings. The van der Waals surface area contributed by atoms with Crippen LogP contribution in [-0.2, 0) is 13.1 Å². The Morgan fingerprint density at radius 1 is 1.29 bits per heavy atom. The Bertz CT molecular complexity index is 438. The molecule has 5 heteroatoms. The minimum Gasteiger partial charge on any atom is -0.372 e. The van der Waals surface area contributed by atoms with Crippen molar-refractivity contribution in [2.24, 2.45) is 0 Å². The number of aromatic nitrogens is 2. The van der Waals surface area contributed by atoms with Crippen LogP contribution in [0.3, 0.4) is 0 Å². The number of hydrogen-bond donors (Lipinski definition) is 1. The Balaban J connectivity index is 1.91. The molecule has 0 unspecified atom stereocenters. The minimum atomic E-state index is 0.800. The molecule has 0 atom stereocenters. The highest BCUT2D eigenvalue weighted by Crippen LogP contribution is 2.10. The third kappa shape index (κ3) is 3.51. The van der Waals surface area contributed by atoms with Crippen molar-refractivity contribution in [3.63, 3.8) is 0 Å². The van der Waals surface area contributed by atoms with E-state index >= 15 is 0 Å². The number of rotatable bonds is 5. The van der Waals surface area contributed by atoms with Crippen LogP contribution in [0.4, 0.5) is 5.82 Å². The molecular weight excluding hydrogens is 232 g/mol. The van der Waals surface area contributed by atoms with Crippen LogP contribution < -0.4 is 5.32 Å². The maximum absolute atomic E-state index is 4.35. The standard InChI is InChI=1S/C12H16N4S/c1-13-12-6-14-11(5-15-12)8-16(2)7-10-3-4-17-9-10/h3-6,9H,7-8H2,1-2H3,(H,13,15). The van der Waals surface area contributed by atoms with Crippen molar-refractivity contribution in [1.82, 2.24) is 14.9 Å². The van der Waals surface area contributed by atoms with Gasteiger partial charge in [0, 0.05) is 20.1 Å². The molecule has 0 bridgehead atoms.